The van der Waals surface area contributed by atoms with E-state index in [1.54, 1.807) is 6.20 Å². The van der Waals surface area contributed by atoms with Gasteiger partial charge >= 0.3 is 0 Å². The first-order chi connectivity index (χ1) is 8.36. The van der Waals surface area contributed by atoms with Crippen molar-refractivity contribution in [3.8, 4) is 0 Å². The Morgan fingerprint density at radius 1 is 1.50 bits per heavy atom. The van der Waals surface area contributed by atoms with Gasteiger partial charge in [0.15, 0.2) is 5.96 Å². The van der Waals surface area contributed by atoms with Crippen LogP contribution in [0.2, 0.25) is 0 Å². The van der Waals surface area contributed by atoms with Gasteiger partial charge in [0.05, 0.1) is 0 Å². The van der Waals surface area contributed by atoms with Gasteiger partial charge in [0, 0.05) is 32.0 Å². The van der Waals surface area contributed by atoms with Gasteiger partial charge in [-0.05, 0) is 25.0 Å². The zero-order chi connectivity index (χ0) is 12.3. The molecule has 0 atom stereocenters. The maximum Gasteiger partial charge on any atom is 0.191 e. The van der Waals surface area contributed by atoms with E-state index in [1.165, 1.54) is 5.56 Å². The maximum atomic E-state index is 4.47. The smallest absolute Gasteiger partial charge is 0.191 e. The van der Waals surface area contributed by atoms with E-state index in [2.05, 4.69) is 33.3 Å². The predicted octanol–water partition coefficient (Wildman–Crippen LogP) is 1.98. The molecule has 1 rings (SSSR count). The second-order valence-corrected chi connectivity index (χ2v) is 3.54. The topological polar surface area (TPSA) is 49.3 Å². The Bertz CT molecular complexity index is 351. The number of aromatic nitrogens is 1. The van der Waals surface area contributed by atoms with E-state index >= 15 is 0 Å². The molecule has 0 amide bonds. The number of rotatable bonds is 6. The molecule has 0 fully saturated rings. The van der Waals surface area contributed by atoms with Crippen LogP contribution in [0.1, 0.15) is 12.5 Å². The summed E-state index contributed by atoms with van der Waals surface area (Å²) in [5, 5.41) is 6.34. The first kappa shape index (κ1) is 16.9. The molecule has 1 heterocycles. The molecule has 0 spiro atoms. The minimum atomic E-state index is 0. The third-order valence-electron chi connectivity index (χ3n) is 2.15. The summed E-state index contributed by atoms with van der Waals surface area (Å²) in [7, 11) is 0. The van der Waals surface area contributed by atoms with Gasteiger partial charge in [-0.1, -0.05) is 12.1 Å². The highest BCUT2D eigenvalue weighted by atomic mass is 127. The molecule has 0 saturated heterocycles. The highest BCUT2D eigenvalue weighted by Crippen LogP contribution is 1.96. The highest BCUT2D eigenvalue weighted by molar-refractivity contribution is 14.0. The normalized spacial score (nSPS) is 10.4. The second kappa shape index (κ2) is 11.0. The molecule has 100 valence electrons. The molecule has 0 radical (unpaired) electrons. The third-order valence-corrected chi connectivity index (χ3v) is 2.15. The van der Waals surface area contributed by atoms with Crippen molar-refractivity contribution in [1.29, 1.82) is 0 Å². The van der Waals surface area contributed by atoms with Gasteiger partial charge in [-0.2, -0.15) is 0 Å². The van der Waals surface area contributed by atoms with Crippen LogP contribution in [0.25, 0.3) is 0 Å². The minimum Gasteiger partial charge on any atom is -0.357 e. The Balaban J connectivity index is 0.00000289. The number of guanidine groups is 1. The lowest BCUT2D eigenvalue weighted by atomic mass is 10.2. The van der Waals surface area contributed by atoms with Crippen LogP contribution in [0.5, 0.6) is 0 Å². The summed E-state index contributed by atoms with van der Waals surface area (Å²) >= 11 is 0. The van der Waals surface area contributed by atoms with Crippen molar-refractivity contribution in [3.05, 3.63) is 42.7 Å². The number of nitrogens with one attached hydrogen (secondary N) is 2. The van der Waals surface area contributed by atoms with E-state index in [0.717, 1.165) is 32.0 Å². The summed E-state index contributed by atoms with van der Waals surface area (Å²) in [6, 6.07) is 4.01. The number of hydrogen-bond donors (Lipinski definition) is 2. The molecule has 4 nitrogen and oxygen atoms in total. The Labute approximate surface area is 126 Å². The lowest BCUT2D eigenvalue weighted by Crippen LogP contribution is -2.37. The Morgan fingerprint density at radius 3 is 2.94 bits per heavy atom. The monoisotopic (exact) mass is 360 g/mol. The molecule has 0 aliphatic rings. The molecule has 1 aromatic rings. The van der Waals surface area contributed by atoms with Crippen LogP contribution in [-0.4, -0.2) is 30.6 Å². The zero-order valence-corrected chi connectivity index (χ0v) is 13.1. The largest absolute Gasteiger partial charge is 0.357 e. The summed E-state index contributed by atoms with van der Waals surface area (Å²) in [4.78, 5) is 8.54. The van der Waals surface area contributed by atoms with Crippen LogP contribution < -0.4 is 10.6 Å². The second-order valence-electron chi connectivity index (χ2n) is 3.54. The van der Waals surface area contributed by atoms with Gasteiger partial charge < -0.3 is 10.6 Å². The fourth-order valence-electron chi connectivity index (χ4n) is 1.35. The van der Waals surface area contributed by atoms with Crippen LogP contribution in [0, 0.1) is 0 Å². The SMILES string of the molecule is C=CCNC(=NCCc1cccnc1)NCC.I. The van der Waals surface area contributed by atoms with Gasteiger partial charge in [0.1, 0.15) is 0 Å². The minimum absolute atomic E-state index is 0. The molecule has 0 aromatic carbocycles. The van der Waals surface area contributed by atoms with Crippen LogP contribution in [-0.2, 0) is 6.42 Å². The number of hydrogen-bond acceptors (Lipinski definition) is 2. The van der Waals surface area contributed by atoms with E-state index in [9.17, 15) is 0 Å². The van der Waals surface area contributed by atoms with Crippen LogP contribution in [0.4, 0.5) is 0 Å². The average molecular weight is 360 g/mol. The molecule has 1 aromatic heterocycles. The molecular formula is C13H21IN4. The number of nitrogens with zero attached hydrogens (tertiary/aromatic N) is 2. The van der Waals surface area contributed by atoms with Gasteiger partial charge in [0.2, 0.25) is 0 Å². The van der Waals surface area contributed by atoms with Crippen molar-refractivity contribution in [3.63, 3.8) is 0 Å². The van der Waals surface area contributed by atoms with Gasteiger partial charge in [-0.15, -0.1) is 30.6 Å². The molecule has 18 heavy (non-hydrogen) atoms. The molecule has 0 aliphatic carbocycles. The summed E-state index contributed by atoms with van der Waals surface area (Å²) in [5.41, 5.74) is 1.20. The van der Waals surface area contributed by atoms with Crippen molar-refractivity contribution in [2.24, 2.45) is 4.99 Å². The molecule has 0 aliphatic heterocycles. The van der Waals surface area contributed by atoms with Crippen molar-refractivity contribution in [1.82, 2.24) is 15.6 Å². The molecular weight excluding hydrogens is 339 g/mol. The molecule has 0 unspecified atom stereocenters. The fraction of sp³-hybridized carbons (Fsp3) is 0.385. The average Bonchev–Trinajstić information content (AvgIpc) is 2.37. The van der Waals surface area contributed by atoms with E-state index in [-0.39, 0.29) is 24.0 Å². The summed E-state index contributed by atoms with van der Waals surface area (Å²) in [6.45, 7) is 8.04. The van der Waals surface area contributed by atoms with Crippen LogP contribution in [0.15, 0.2) is 42.2 Å². The van der Waals surface area contributed by atoms with Gasteiger partial charge in [-0.25, -0.2) is 0 Å². The zero-order valence-electron chi connectivity index (χ0n) is 10.7. The van der Waals surface area contributed by atoms with Crippen molar-refractivity contribution in [2.45, 2.75) is 13.3 Å². The summed E-state index contributed by atoms with van der Waals surface area (Å²) in [5.74, 6) is 0.830. The molecule has 2 N–H and O–H groups in total. The van der Waals surface area contributed by atoms with E-state index in [1.807, 2.05) is 25.3 Å². The van der Waals surface area contributed by atoms with Gasteiger partial charge in [0.25, 0.3) is 0 Å². The first-order valence-corrected chi connectivity index (χ1v) is 5.88. The lowest BCUT2D eigenvalue weighted by molar-refractivity contribution is 0.850. The fourth-order valence-corrected chi connectivity index (χ4v) is 1.35. The Kier molecular flexibility index (Phi) is 10.3. The van der Waals surface area contributed by atoms with E-state index < -0.39 is 0 Å². The van der Waals surface area contributed by atoms with Gasteiger partial charge in [-0.3, -0.25) is 9.98 Å². The van der Waals surface area contributed by atoms with Crippen LogP contribution in [0.3, 0.4) is 0 Å². The third kappa shape index (κ3) is 7.26. The van der Waals surface area contributed by atoms with Crippen molar-refractivity contribution >= 4 is 29.9 Å². The summed E-state index contributed by atoms with van der Waals surface area (Å²) in [6.07, 6.45) is 6.37. The predicted molar refractivity (Wildman–Crippen MR) is 87.5 cm³/mol. The maximum absolute atomic E-state index is 4.47. The standard InChI is InChI=1S/C13H20N4.HI/c1-3-8-16-13(15-4-2)17-10-7-12-6-5-9-14-11-12;/h3,5-6,9,11H,1,4,7-8,10H2,2H3,(H2,15,16,17);1H. The van der Waals surface area contributed by atoms with Crippen molar-refractivity contribution in [2.75, 3.05) is 19.6 Å². The van der Waals surface area contributed by atoms with Crippen LogP contribution >= 0.6 is 24.0 Å². The Hall–Kier alpha value is -1.11. The van der Waals surface area contributed by atoms with E-state index in [0.29, 0.717) is 0 Å². The Morgan fingerprint density at radius 2 is 2.33 bits per heavy atom. The summed E-state index contributed by atoms with van der Waals surface area (Å²) < 4.78 is 0. The first-order valence-electron chi connectivity index (χ1n) is 5.88. The lowest BCUT2D eigenvalue weighted by Gasteiger charge is -2.09. The van der Waals surface area contributed by atoms with Crippen molar-refractivity contribution < 1.29 is 0 Å². The molecule has 0 saturated carbocycles. The number of halogens is 1. The molecule has 5 heteroatoms. The number of aliphatic imine (C=N–C) groups is 1. The molecule has 0 bridgehead atoms. The van der Waals surface area contributed by atoms with E-state index in [4.69, 9.17) is 0 Å². The quantitative estimate of drug-likeness (QED) is 0.353. The highest BCUT2D eigenvalue weighted by Gasteiger charge is 1.95. The number of pyridine rings is 1.